The number of hydrogen-bond acceptors (Lipinski definition) is 9. The zero-order valence-electron chi connectivity index (χ0n) is 18.5. The molecular formula is C21H23N5O7S. The van der Waals surface area contributed by atoms with Gasteiger partial charge in [-0.2, -0.15) is 9.40 Å². The lowest BCUT2D eigenvalue weighted by Gasteiger charge is -2.17. The molecule has 1 saturated heterocycles. The predicted molar refractivity (Wildman–Crippen MR) is 117 cm³/mol. The Morgan fingerprint density at radius 3 is 2.65 bits per heavy atom. The summed E-state index contributed by atoms with van der Waals surface area (Å²) in [6, 6.07) is 6.01. The van der Waals surface area contributed by atoms with Crippen LogP contribution in [0.25, 0.3) is 10.9 Å². The van der Waals surface area contributed by atoms with Crippen LogP contribution in [0.5, 0.6) is 17.4 Å². The van der Waals surface area contributed by atoms with Gasteiger partial charge in [0.1, 0.15) is 0 Å². The number of aliphatic carboxylic acids is 1. The van der Waals surface area contributed by atoms with E-state index in [0.717, 1.165) is 0 Å². The molecule has 1 N–H and O–H groups in total. The lowest BCUT2D eigenvalue weighted by Crippen LogP contribution is -2.30. The molecule has 180 valence electrons. The Labute approximate surface area is 195 Å². The lowest BCUT2D eigenvalue weighted by molar-refractivity contribution is -0.136. The van der Waals surface area contributed by atoms with Crippen molar-refractivity contribution in [3.8, 4) is 17.4 Å². The van der Waals surface area contributed by atoms with Gasteiger partial charge in [-0.25, -0.2) is 8.42 Å². The number of ether oxygens (including phenoxy) is 3. The molecule has 1 aromatic carbocycles. The number of fused-ring (bicyclic) bond motifs is 2. The van der Waals surface area contributed by atoms with Crippen molar-refractivity contribution in [2.45, 2.75) is 31.3 Å². The fourth-order valence-corrected chi connectivity index (χ4v) is 5.77. The number of carboxylic acid groups (broad SMARTS) is 1. The van der Waals surface area contributed by atoms with Gasteiger partial charge in [0, 0.05) is 30.6 Å². The van der Waals surface area contributed by atoms with Crippen molar-refractivity contribution < 1.29 is 32.5 Å². The van der Waals surface area contributed by atoms with Crippen molar-refractivity contribution in [1.29, 1.82) is 0 Å². The molecule has 12 nitrogen and oxygen atoms in total. The standard InChI is InChI=1S/C21H23N5O7S/c1-3-31-19-4-5-20(23-22-19)34(29,30)25-9-12(2)16(10-25)26-15-8-18-17(32-11-33-18)6-13(15)14(24-26)7-21(27)28/h4-6,8,12,16H,3,7,9-11H2,1-2H3,(H,27,28)/t12-,16+/m1/s1. The SMILES string of the molecule is CCOc1ccc(S(=O)(=O)N2C[C@@H](C)[C@@H](n3nc(CC(=O)O)c4cc5c(cc43)OCO5)C2)nn1. The van der Waals surface area contributed by atoms with Crippen molar-refractivity contribution in [1.82, 2.24) is 24.3 Å². The molecule has 2 aromatic heterocycles. The molecule has 0 bridgehead atoms. The van der Waals surface area contributed by atoms with Gasteiger partial charge < -0.3 is 19.3 Å². The van der Waals surface area contributed by atoms with Crippen LogP contribution in [-0.2, 0) is 21.2 Å². The summed E-state index contributed by atoms with van der Waals surface area (Å²) in [5, 5.41) is 22.1. The smallest absolute Gasteiger partial charge is 0.309 e. The molecular weight excluding hydrogens is 466 g/mol. The number of carboxylic acids is 1. The molecule has 3 aromatic rings. The third kappa shape index (κ3) is 3.80. The minimum absolute atomic E-state index is 0.0820. The van der Waals surface area contributed by atoms with Crippen LogP contribution in [0.2, 0.25) is 0 Å². The summed E-state index contributed by atoms with van der Waals surface area (Å²) in [6.45, 7) is 4.61. The first-order valence-corrected chi connectivity index (χ1v) is 12.2. The summed E-state index contributed by atoms with van der Waals surface area (Å²) in [5.41, 5.74) is 1.05. The van der Waals surface area contributed by atoms with Gasteiger partial charge in [-0.15, -0.1) is 10.2 Å². The lowest BCUT2D eigenvalue weighted by atomic mass is 10.1. The fourth-order valence-electron chi connectivity index (χ4n) is 4.34. The van der Waals surface area contributed by atoms with Crippen molar-refractivity contribution in [3.63, 3.8) is 0 Å². The van der Waals surface area contributed by atoms with E-state index in [4.69, 9.17) is 14.2 Å². The maximum atomic E-state index is 13.2. The van der Waals surface area contributed by atoms with Crippen molar-refractivity contribution >= 4 is 26.9 Å². The van der Waals surface area contributed by atoms with Crippen LogP contribution < -0.4 is 14.2 Å². The first-order valence-electron chi connectivity index (χ1n) is 10.8. The molecule has 2 aliphatic heterocycles. The van der Waals surface area contributed by atoms with Crippen LogP contribution in [0.1, 0.15) is 25.6 Å². The largest absolute Gasteiger partial charge is 0.481 e. The van der Waals surface area contributed by atoms with Crippen LogP contribution in [0.15, 0.2) is 29.3 Å². The third-order valence-corrected chi connectivity index (χ3v) is 7.69. The molecule has 2 aliphatic rings. The molecule has 34 heavy (non-hydrogen) atoms. The summed E-state index contributed by atoms with van der Waals surface area (Å²) in [5.74, 6) is 0.201. The van der Waals surface area contributed by atoms with E-state index in [2.05, 4.69) is 15.3 Å². The Morgan fingerprint density at radius 1 is 1.21 bits per heavy atom. The van der Waals surface area contributed by atoms with Gasteiger partial charge in [0.05, 0.1) is 30.3 Å². The van der Waals surface area contributed by atoms with Crippen LogP contribution in [0, 0.1) is 5.92 Å². The summed E-state index contributed by atoms with van der Waals surface area (Å²) in [7, 11) is -3.90. The molecule has 1 fully saturated rings. The molecule has 0 saturated carbocycles. The molecule has 13 heteroatoms. The maximum absolute atomic E-state index is 13.2. The van der Waals surface area contributed by atoms with E-state index in [1.807, 2.05) is 6.92 Å². The maximum Gasteiger partial charge on any atom is 0.309 e. The Hall–Kier alpha value is -3.45. The molecule has 5 rings (SSSR count). The molecule has 0 aliphatic carbocycles. The number of benzene rings is 1. The average molecular weight is 490 g/mol. The monoisotopic (exact) mass is 489 g/mol. The molecule has 0 unspecified atom stereocenters. The zero-order valence-corrected chi connectivity index (χ0v) is 19.4. The highest BCUT2D eigenvalue weighted by molar-refractivity contribution is 7.89. The minimum Gasteiger partial charge on any atom is -0.481 e. The topological polar surface area (TPSA) is 146 Å². The van der Waals surface area contributed by atoms with Crippen LogP contribution >= 0.6 is 0 Å². The number of carbonyl (C=O) groups is 1. The van der Waals surface area contributed by atoms with Gasteiger partial charge in [-0.3, -0.25) is 9.48 Å². The summed E-state index contributed by atoms with van der Waals surface area (Å²) >= 11 is 0. The second kappa shape index (κ2) is 8.40. The molecule has 2 atom stereocenters. The van der Waals surface area contributed by atoms with Crippen molar-refractivity contribution in [3.05, 3.63) is 30.0 Å². The van der Waals surface area contributed by atoms with E-state index >= 15 is 0 Å². The highest BCUT2D eigenvalue weighted by Gasteiger charge is 2.40. The van der Waals surface area contributed by atoms with Gasteiger partial charge in [0.15, 0.2) is 16.5 Å². The zero-order chi connectivity index (χ0) is 24.0. The highest BCUT2D eigenvalue weighted by atomic mass is 32.2. The van der Waals surface area contributed by atoms with E-state index in [-0.39, 0.29) is 49.2 Å². The van der Waals surface area contributed by atoms with E-state index < -0.39 is 16.0 Å². The Kier molecular flexibility index (Phi) is 5.52. The fraction of sp³-hybridized carbons (Fsp3) is 0.429. The normalized spacial score (nSPS) is 20.2. The van der Waals surface area contributed by atoms with Crippen LogP contribution in [0.4, 0.5) is 0 Å². The van der Waals surface area contributed by atoms with Crippen LogP contribution in [-0.4, -0.2) is 70.3 Å². The average Bonchev–Trinajstić information content (AvgIpc) is 3.50. The van der Waals surface area contributed by atoms with Gasteiger partial charge in [0.2, 0.25) is 12.7 Å². The number of hydrogen-bond donors (Lipinski definition) is 1. The van der Waals surface area contributed by atoms with E-state index in [1.54, 1.807) is 23.7 Å². The summed E-state index contributed by atoms with van der Waals surface area (Å²) in [6.07, 6.45) is -0.270. The Balaban J connectivity index is 1.49. The van der Waals surface area contributed by atoms with Crippen LogP contribution in [0.3, 0.4) is 0 Å². The summed E-state index contributed by atoms with van der Waals surface area (Å²) in [4.78, 5) is 11.4. The number of aromatic nitrogens is 4. The van der Waals surface area contributed by atoms with E-state index in [1.165, 1.54) is 16.4 Å². The Bertz CT molecular complexity index is 1360. The third-order valence-electron chi connectivity index (χ3n) is 5.96. The van der Waals surface area contributed by atoms with Crippen molar-refractivity contribution in [2.75, 3.05) is 26.5 Å². The first-order chi connectivity index (χ1) is 16.3. The quantitative estimate of drug-likeness (QED) is 0.517. The summed E-state index contributed by atoms with van der Waals surface area (Å²) < 4.78 is 45.7. The number of sulfonamides is 1. The van der Waals surface area contributed by atoms with Gasteiger partial charge in [-0.05, 0) is 25.0 Å². The van der Waals surface area contributed by atoms with E-state index in [0.29, 0.717) is 34.7 Å². The van der Waals surface area contributed by atoms with Gasteiger partial charge in [0.25, 0.3) is 10.0 Å². The minimum atomic E-state index is -3.90. The molecule has 4 heterocycles. The second-order valence-corrected chi connectivity index (χ2v) is 10.1. The van der Waals surface area contributed by atoms with Gasteiger partial charge >= 0.3 is 5.97 Å². The van der Waals surface area contributed by atoms with E-state index in [9.17, 15) is 18.3 Å². The second-order valence-electron chi connectivity index (χ2n) is 8.19. The Morgan fingerprint density at radius 2 is 1.97 bits per heavy atom. The van der Waals surface area contributed by atoms with Gasteiger partial charge in [-0.1, -0.05) is 6.92 Å². The number of rotatable bonds is 7. The highest BCUT2D eigenvalue weighted by Crippen LogP contribution is 2.40. The molecule has 0 spiro atoms. The first kappa shape index (κ1) is 22.3. The molecule has 0 amide bonds. The molecule has 0 radical (unpaired) electrons. The predicted octanol–water partition coefficient (Wildman–Crippen LogP) is 1.46. The number of nitrogens with zero attached hydrogens (tertiary/aromatic N) is 5. The van der Waals surface area contributed by atoms with Crippen molar-refractivity contribution in [2.24, 2.45) is 5.92 Å².